The number of anilines is 1. The minimum atomic E-state index is -2.58. The maximum Gasteiger partial charge on any atom is 0.272 e. The molecule has 1 unspecified atom stereocenters. The number of aromatic nitrogens is 3. The fourth-order valence-corrected chi connectivity index (χ4v) is 3.43. The lowest BCUT2D eigenvalue weighted by atomic mass is 10.2. The second kappa shape index (κ2) is 6.50. The second-order valence-corrected chi connectivity index (χ2v) is 6.35. The number of halogens is 3. The lowest BCUT2D eigenvalue weighted by Crippen LogP contribution is -2.55. The predicted octanol–water partition coefficient (Wildman–Crippen LogP) is 1.90. The molecule has 0 aliphatic carbocycles. The average molecular weight is 362 g/mol. The van der Waals surface area contributed by atoms with E-state index in [-0.39, 0.29) is 17.4 Å². The van der Waals surface area contributed by atoms with Crippen LogP contribution in [0.2, 0.25) is 5.02 Å². The molecule has 3 rings (SSSR count). The van der Waals surface area contributed by atoms with Crippen LogP contribution in [0.25, 0.3) is 10.7 Å². The molecule has 6 nitrogen and oxygen atoms in total. The van der Waals surface area contributed by atoms with Crippen LogP contribution < -0.4 is 15.8 Å². The van der Waals surface area contributed by atoms with Crippen LogP contribution in [0, 0.1) is 6.92 Å². The second-order valence-electron chi connectivity index (χ2n) is 5.12. The summed E-state index contributed by atoms with van der Waals surface area (Å²) in [6.07, 6.45) is -2.58. The predicted molar refractivity (Wildman–Crippen MR) is 85.7 cm³/mol. The van der Waals surface area contributed by atoms with Gasteiger partial charge in [-0.05, 0) is 6.92 Å². The van der Waals surface area contributed by atoms with Gasteiger partial charge in [0.15, 0.2) is 11.6 Å². The van der Waals surface area contributed by atoms with Gasteiger partial charge in [0.05, 0.1) is 16.1 Å². The molecule has 1 aliphatic rings. The minimum Gasteiger partial charge on any atom is -0.344 e. The summed E-state index contributed by atoms with van der Waals surface area (Å²) in [5.74, 6) is 0.381. The zero-order valence-corrected chi connectivity index (χ0v) is 13.7. The summed E-state index contributed by atoms with van der Waals surface area (Å²) in [5, 5.41) is 2.74. The van der Waals surface area contributed by atoms with Gasteiger partial charge in [0, 0.05) is 19.6 Å². The zero-order chi connectivity index (χ0) is 16.6. The molecule has 23 heavy (non-hydrogen) atoms. The third-order valence-electron chi connectivity index (χ3n) is 3.65. The molecule has 10 heteroatoms. The largest absolute Gasteiger partial charge is 0.344 e. The van der Waals surface area contributed by atoms with E-state index in [2.05, 4.69) is 20.3 Å². The number of hydrogen-bond donors (Lipinski definition) is 2. The Bertz CT molecular complexity index is 765. The van der Waals surface area contributed by atoms with E-state index in [9.17, 15) is 13.6 Å². The Labute approximate surface area is 139 Å². The summed E-state index contributed by atoms with van der Waals surface area (Å²) in [6.45, 7) is 2.71. The quantitative estimate of drug-likeness (QED) is 0.873. The van der Waals surface area contributed by atoms with Crippen molar-refractivity contribution in [3.8, 4) is 10.7 Å². The van der Waals surface area contributed by atoms with Crippen LogP contribution >= 0.6 is 22.9 Å². The first-order valence-electron chi connectivity index (χ1n) is 6.95. The van der Waals surface area contributed by atoms with E-state index >= 15 is 0 Å². The van der Waals surface area contributed by atoms with E-state index in [0.29, 0.717) is 29.5 Å². The van der Waals surface area contributed by atoms with Gasteiger partial charge in [-0.15, -0.1) is 11.3 Å². The number of piperazine rings is 1. The van der Waals surface area contributed by atoms with Crippen LogP contribution in [0.4, 0.5) is 14.6 Å². The van der Waals surface area contributed by atoms with Crippen LogP contribution in [0.5, 0.6) is 0 Å². The summed E-state index contributed by atoms with van der Waals surface area (Å²) >= 11 is 7.36. The van der Waals surface area contributed by atoms with E-state index in [1.54, 1.807) is 12.4 Å². The third kappa shape index (κ3) is 3.08. The van der Waals surface area contributed by atoms with Crippen molar-refractivity contribution < 1.29 is 8.78 Å². The summed E-state index contributed by atoms with van der Waals surface area (Å²) in [7, 11) is 0. The SMILES string of the molecule is Cc1ncsc1-c1nc(N2CCNCC2C(F)F)c(Cl)c(=O)[nH]1. The van der Waals surface area contributed by atoms with E-state index in [0.717, 1.165) is 0 Å². The highest BCUT2D eigenvalue weighted by Crippen LogP contribution is 2.29. The standard InChI is InChI=1S/C13H14ClF2N5OS/c1-6-9(23-5-18-6)11-19-12(8(14)13(22)20-11)21-3-2-17-4-7(21)10(15)16/h5,7,10,17H,2-4H2,1H3,(H,19,20,22). The molecule has 0 saturated carbocycles. The molecule has 0 spiro atoms. The van der Waals surface area contributed by atoms with Crippen molar-refractivity contribution in [2.75, 3.05) is 24.5 Å². The number of alkyl halides is 2. The lowest BCUT2D eigenvalue weighted by Gasteiger charge is -2.36. The van der Waals surface area contributed by atoms with Crippen LogP contribution in [-0.2, 0) is 0 Å². The van der Waals surface area contributed by atoms with Crippen molar-refractivity contribution in [3.05, 3.63) is 26.6 Å². The minimum absolute atomic E-state index is 0.0880. The van der Waals surface area contributed by atoms with Gasteiger partial charge >= 0.3 is 0 Å². The molecule has 1 saturated heterocycles. The fraction of sp³-hybridized carbons (Fsp3) is 0.462. The molecule has 2 N–H and O–H groups in total. The van der Waals surface area contributed by atoms with Gasteiger partial charge in [-0.3, -0.25) is 4.79 Å². The van der Waals surface area contributed by atoms with Crippen LogP contribution in [0.3, 0.4) is 0 Å². The first-order chi connectivity index (χ1) is 11.0. The number of H-pyrrole nitrogens is 1. The van der Waals surface area contributed by atoms with E-state index < -0.39 is 18.0 Å². The molecule has 0 radical (unpaired) electrons. The third-order valence-corrected chi connectivity index (χ3v) is 4.93. The summed E-state index contributed by atoms with van der Waals surface area (Å²) in [5.41, 5.74) is 1.79. The van der Waals surface area contributed by atoms with Gasteiger partial charge in [-0.25, -0.2) is 18.7 Å². The Morgan fingerprint density at radius 2 is 2.30 bits per heavy atom. The molecule has 0 amide bonds. The number of hydrogen-bond acceptors (Lipinski definition) is 6. The highest BCUT2D eigenvalue weighted by atomic mass is 35.5. The molecule has 2 aromatic heterocycles. The molecule has 1 aliphatic heterocycles. The van der Waals surface area contributed by atoms with E-state index in [4.69, 9.17) is 11.6 Å². The van der Waals surface area contributed by atoms with Gasteiger partial charge in [-0.1, -0.05) is 11.6 Å². The van der Waals surface area contributed by atoms with E-state index in [1.165, 1.54) is 16.2 Å². The van der Waals surface area contributed by atoms with Gasteiger partial charge in [0.1, 0.15) is 11.1 Å². The summed E-state index contributed by atoms with van der Waals surface area (Å²) in [4.78, 5) is 25.2. The fourth-order valence-electron chi connectivity index (χ4n) is 2.49. The molecule has 3 heterocycles. The Hall–Kier alpha value is -1.58. The number of nitrogens with zero attached hydrogens (tertiary/aromatic N) is 3. The maximum absolute atomic E-state index is 13.3. The zero-order valence-electron chi connectivity index (χ0n) is 12.1. The van der Waals surface area contributed by atoms with Crippen LogP contribution in [0.1, 0.15) is 5.69 Å². The van der Waals surface area contributed by atoms with Gasteiger partial charge in [0.25, 0.3) is 12.0 Å². The molecule has 0 bridgehead atoms. The molecule has 0 aromatic carbocycles. The molecule has 1 atom stereocenters. The Morgan fingerprint density at radius 1 is 1.52 bits per heavy atom. The Balaban J connectivity index is 2.09. The maximum atomic E-state index is 13.3. The van der Waals surface area contributed by atoms with Crippen molar-refractivity contribution >= 4 is 28.8 Å². The van der Waals surface area contributed by atoms with Crippen LogP contribution in [-0.4, -0.2) is 47.1 Å². The Kier molecular flexibility index (Phi) is 4.60. The van der Waals surface area contributed by atoms with Crippen molar-refractivity contribution in [2.24, 2.45) is 0 Å². The van der Waals surface area contributed by atoms with Crippen LogP contribution in [0.15, 0.2) is 10.3 Å². The number of rotatable bonds is 3. The molecule has 2 aromatic rings. The van der Waals surface area contributed by atoms with Crippen molar-refractivity contribution in [3.63, 3.8) is 0 Å². The molecular weight excluding hydrogens is 348 g/mol. The van der Waals surface area contributed by atoms with Crippen molar-refractivity contribution in [2.45, 2.75) is 19.4 Å². The van der Waals surface area contributed by atoms with Gasteiger partial charge < -0.3 is 15.2 Å². The summed E-state index contributed by atoms with van der Waals surface area (Å²) in [6, 6.07) is -1.08. The monoisotopic (exact) mass is 361 g/mol. The lowest BCUT2D eigenvalue weighted by molar-refractivity contribution is 0.105. The number of aromatic amines is 1. The molecule has 124 valence electrons. The number of thiazole rings is 1. The van der Waals surface area contributed by atoms with Gasteiger partial charge in [-0.2, -0.15) is 0 Å². The molecular formula is C13H14ClF2N5OS. The highest BCUT2D eigenvalue weighted by Gasteiger charge is 2.33. The normalized spacial score (nSPS) is 18.7. The number of nitrogens with one attached hydrogen (secondary N) is 2. The number of aryl methyl sites for hydroxylation is 1. The average Bonchev–Trinajstić information content (AvgIpc) is 2.96. The highest BCUT2D eigenvalue weighted by molar-refractivity contribution is 7.13. The topological polar surface area (TPSA) is 73.9 Å². The van der Waals surface area contributed by atoms with E-state index in [1.807, 2.05) is 0 Å². The van der Waals surface area contributed by atoms with Crippen molar-refractivity contribution in [1.82, 2.24) is 20.3 Å². The smallest absolute Gasteiger partial charge is 0.272 e. The molecule has 1 fully saturated rings. The summed E-state index contributed by atoms with van der Waals surface area (Å²) < 4.78 is 26.6. The van der Waals surface area contributed by atoms with Gasteiger partial charge in [0.2, 0.25) is 0 Å². The first-order valence-corrected chi connectivity index (χ1v) is 8.20. The van der Waals surface area contributed by atoms with Crippen molar-refractivity contribution in [1.29, 1.82) is 0 Å². The first kappa shape index (κ1) is 16.3. The Morgan fingerprint density at radius 3 is 2.96 bits per heavy atom.